The molecule has 6 aromatic carbocycles. The van der Waals surface area contributed by atoms with Gasteiger partial charge in [-0.15, -0.1) is 0 Å². The van der Waals surface area contributed by atoms with E-state index in [0.717, 1.165) is 66.3 Å². The summed E-state index contributed by atoms with van der Waals surface area (Å²) in [6.45, 7) is 0. The van der Waals surface area contributed by atoms with Gasteiger partial charge in [-0.05, 0) is 34.2 Å². The fourth-order valence-corrected chi connectivity index (χ4v) is 6.47. The number of pyridine rings is 2. The highest BCUT2D eigenvalue weighted by Crippen LogP contribution is 2.32. The van der Waals surface area contributed by atoms with Gasteiger partial charge >= 0.3 is 0 Å². The lowest BCUT2D eigenvalue weighted by atomic mass is 10.0. The molecule has 0 fully saturated rings. The SMILES string of the molecule is c1ccc(-c2ccc(-c3nc(-c4ccc(-c5nccc6ccccc56)cc4)nc(-c4ccc(-c5cccc6cccnc56)cc4)n3)cc2)cc1. The summed E-state index contributed by atoms with van der Waals surface area (Å²) in [4.78, 5) is 24.4. The van der Waals surface area contributed by atoms with E-state index in [9.17, 15) is 0 Å². The normalized spacial score (nSPS) is 11.2. The minimum Gasteiger partial charge on any atom is -0.256 e. The average molecular weight is 640 g/mol. The number of rotatable bonds is 6. The van der Waals surface area contributed by atoms with Gasteiger partial charge in [0.1, 0.15) is 0 Å². The number of hydrogen-bond donors (Lipinski definition) is 0. The number of fused-ring (bicyclic) bond motifs is 2. The maximum Gasteiger partial charge on any atom is 0.164 e. The largest absolute Gasteiger partial charge is 0.256 e. The Morgan fingerprint density at radius 1 is 0.300 bits per heavy atom. The molecular formula is C45H29N5. The van der Waals surface area contributed by atoms with Crippen LogP contribution < -0.4 is 0 Å². The molecule has 234 valence electrons. The standard InChI is InChI=1S/C45H29N5/c1-2-8-30(9-3-1)31-15-21-36(22-16-31)43-48-44(37-23-17-33(18-24-37)40-14-6-11-34-12-7-28-46-41(34)40)50-45(49-43)38-25-19-35(20-26-38)42-39-13-5-4-10-32(39)27-29-47-42/h1-29H. The molecule has 3 heterocycles. The first-order chi connectivity index (χ1) is 24.8. The Bertz CT molecular complexity index is 2460. The van der Waals surface area contributed by atoms with Gasteiger partial charge in [-0.25, -0.2) is 15.0 Å². The van der Waals surface area contributed by atoms with E-state index in [-0.39, 0.29) is 0 Å². The van der Waals surface area contributed by atoms with E-state index in [1.165, 1.54) is 5.56 Å². The van der Waals surface area contributed by atoms with Crippen molar-refractivity contribution in [2.24, 2.45) is 0 Å². The Balaban J connectivity index is 1.12. The zero-order valence-corrected chi connectivity index (χ0v) is 27.0. The smallest absolute Gasteiger partial charge is 0.164 e. The van der Waals surface area contributed by atoms with Crippen LogP contribution >= 0.6 is 0 Å². The predicted octanol–water partition coefficient (Wildman–Crippen LogP) is 11.0. The molecule has 0 amide bonds. The van der Waals surface area contributed by atoms with E-state index in [4.69, 9.17) is 19.9 Å². The highest BCUT2D eigenvalue weighted by atomic mass is 15.0. The molecule has 50 heavy (non-hydrogen) atoms. The van der Waals surface area contributed by atoms with E-state index < -0.39 is 0 Å². The first-order valence-electron chi connectivity index (χ1n) is 16.6. The van der Waals surface area contributed by atoms with Crippen LogP contribution in [0.2, 0.25) is 0 Å². The van der Waals surface area contributed by atoms with Crippen LogP contribution in [0.15, 0.2) is 176 Å². The minimum atomic E-state index is 0.608. The van der Waals surface area contributed by atoms with E-state index in [1.54, 1.807) is 0 Å². The quantitative estimate of drug-likeness (QED) is 0.181. The van der Waals surface area contributed by atoms with Gasteiger partial charge in [-0.3, -0.25) is 9.97 Å². The average Bonchev–Trinajstić information content (AvgIpc) is 3.21. The molecule has 0 saturated carbocycles. The second kappa shape index (κ2) is 12.6. The first kappa shape index (κ1) is 29.3. The van der Waals surface area contributed by atoms with Crippen molar-refractivity contribution in [1.29, 1.82) is 0 Å². The Kier molecular flexibility index (Phi) is 7.41. The zero-order valence-electron chi connectivity index (χ0n) is 27.0. The number of nitrogens with zero attached hydrogens (tertiary/aromatic N) is 5. The summed E-state index contributed by atoms with van der Waals surface area (Å²) < 4.78 is 0. The third kappa shape index (κ3) is 5.57. The molecule has 0 bridgehead atoms. The summed E-state index contributed by atoms with van der Waals surface area (Å²) in [6.07, 6.45) is 3.70. The molecule has 0 radical (unpaired) electrons. The monoisotopic (exact) mass is 639 g/mol. The molecule has 3 aromatic heterocycles. The number of benzene rings is 6. The van der Waals surface area contributed by atoms with Crippen molar-refractivity contribution in [1.82, 2.24) is 24.9 Å². The lowest BCUT2D eigenvalue weighted by Crippen LogP contribution is -2.00. The molecule has 0 aliphatic heterocycles. The lowest BCUT2D eigenvalue weighted by Gasteiger charge is -2.11. The fraction of sp³-hybridized carbons (Fsp3) is 0. The third-order valence-electron chi connectivity index (χ3n) is 9.06. The summed E-state index contributed by atoms with van der Waals surface area (Å²) in [5.41, 5.74) is 10.2. The molecule has 0 aliphatic carbocycles. The van der Waals surface area contributed by atoms with Gasteiger partial charge in [-0.1, -0.05) is 152 Å². The first-order valence-corrected chi connectivity index (χ1v) is 16.6. The van der Waals surface area contributed by atoms with E-state index in [2.05, 4.69) is 145 Å². The third-order valence-corrected chi connectivity index (χ3v) is 9.06. The fourth-order valence-electron chi connectivity index (χ4n) is 6.47. The lowest BCUT2D eigenvalue weighted by molar-refractivity contribution is 1.07. The van der Waals surface area contributed by atoms with Crippen LogP contribution in [0, 0.1) is 0 Å². The Labute approximate surface area is 289 Å². The molecule has 0 atom stereocenters. The number of aromatic nitrogens is 5. The molecule has 0 aliphatic rings. The molecule has 0 unspecified atom stereocenters. The van der Waals surface area contributed by atoms with Gasteiger partial charge in [0.25, 0.3) is 0 Å². The zero-order chi connectivity index (χ0) is 33.3. The Hall–Kier alpha value is -6.85. The number of hydrogen-bond acceptors (Lipinski definition) is 5. The number of para-hydroxylation sites is 1. The van der Waals surface area contributed by atoms with Crippen molar-refractivity contribution in [3.05, 3.63) is 176 Å². The van der Waals surface area contributed by atoms with Crippen LogP contribution in [-0.4, -0.2) is 24.9 Å². The highest BCUT2D eigenvalue weighted by molar-refractivity contribution is 5.95. The second-order valence-electron chi connectivity index (χ2n) is 12.2. The summed E-state index contributed by atoms with van der Waals surface area (Å²) in [5.74, 6) is 1.84. The molecule has 0 spiro atoms. The van der Waals surface area contributed by atoms with Crippen molar-refractivity contribution >= 4 is 21.7 Å². The van der Waals surface area contributed by atoms with Gasteiger partial charge in [0.05, 0.1) is 11.2 Å². The minimum absolute atomic E-state index is 0.608. The van der Waals surface area contributed by atoms with Crippen molar-refractivity contribution in [2.45, 2.75) is 0 Å². The van der Waals surface area contributed by atoms with Gasteiger partial charge < -0.3 is 0 Å². The summed E-state index contributed by atoms with van der Waals surface area (Å²) >= 11 is 0. The topological polar surface area (TPSA) is 64.5 Å². The Morgan fingerprint density at radius 3 is 1.50 bits per heavy atom. The molecule has 0 saturated heterocycles. The molecule has 0 N–H and O–H groups in total. The summed E-state index contributed by atoms with van der Waals surface area (Å²) in [7, 11) is 0. The molecule has 9 rings (SSSR count). The van der Waals surface area contributed by atoms with Crippen LogP contribution in [0.4, 0.5) is 0 Å². The van der Waals surface area contributed by atoms with Crippen molar-refractivity contribution < 1.29 is 0 Å². The van der Waals surface area contributed by atoms with E-state index >= 15 is 0 Å². The summed E-state index contributed by atoms with van der Waals surface area (Å²) in [5, 5.41) is 3.39. The van der Waals surface area contributed by atoms with E-state index in [1.807, 2.05) is 36.7 Å². The van der Waals surface area contributed by atoms with Gasteiger partial charge in [-0.2, -0.15) is 0 Å². The molecule has 5 heteroatoms. The predicted molar refractivity (Wildman–Crippen MR) is 203 cm³/mol. The highest BCUT2D eigenvalue weighted by Gasteiger charge is 2.14. The van der Waals surface area contributed by atoms with Crippen LogP contribution in [0.5, 0.6) is 0 Å². The molecule has 5 nitrogen and oxygen atoms in total. The molecular weight excluding hydrogens is 611 g/mol. The van der Waals surface area contributed by atoms with Gasteiger partial charge in [0.15, 0.2) is 17.5 Å². The van der Waals surface area contributed by atoms with Crippen LogP contribution in [0.1, 0.15) is 0 Å². The van der Waals surface area contributed by atoms with Crippen molar-refractivity contribution in [2.75, 3.05) is 0 Å². The maximum absolute atomic E-state index is 5.02. The Morgan fingerprint density at radius 2 is 0.820 bits per heavy atom. The van der Waals surface area contributed by atoms with Crippen molar-refractivity contribution in [3.63, 3.8) is 0 Å². The van der Waals surface area contributed by atoms with Crippen molar-refractivity contribution in [3.8, 4) is 67.7 Å². The van der Waals surface area contributed by atoms with Crippen LogP contribution in [-0.2, 0) is 0 Å². The maximum atomic E-state index is 5.02. The van der Waals surface area contributed by atoms with E-state index in [0.29, 0.717) is 17.5 Å². The molecule has 9 aromatic rings. The van der Waals surface area contributed by atoms with Crippen LogP contribution in [0.3, 0.4) is 0 Å². The van der Waals surface area contributed by atoms with Crippen LogP contribution in [0.25, 0.3) is 89.4 Å². The summed E-state index contributed by atoms with van der Waals surface area (Å²) in [6, 6.07) is 56.2. The second-order valence-corrected chi connectivity index (χ2v) is 12.2. The van der Waals surface area contributed by atoms with Gasteiger partial charge in [0.2, 0.25) is 0 Å². The van der Waals surface area contributed by atoms with Gasteiger partial charge in [0, 0.05) is 51.0 Å².